The van der Waals surface area contributed by atoms with Crippen LogP contribution in [0.1, 0.15) is 19.8 Å². The molecule has 0 aliphatic rings. The van der Waals surface area contributed by atoms with E-state index in [1.54, 1.807) is 34.2 Å². The third kappa shape index (κ3) is 5.52. The van der Waals surface area contributed by atoms with E-state index in [-0.39, 0.29) is 17.5 Å². The fourth-order valence-corrected chi connectivity index (χ4v) is 3.88. The summed E-state index contributed by atoms with van der Waals surface area (Å²) in [6, 6.07) is 3.64. The standard InChI is InChI=1S/C16H20Cl2N4O2S/c1-2-21(15(23)6-10-25(24)9-4-7-17)14-12-22(20-16(14)18)13-5-3-8-19-11-13/h3,5,8,11-12H,2,4,6-7,9-10H2,1H3. The van der Waals surface area contributed by atoms with Gasteiger partial charge in [-0.1, -0.05) is 11.6 Å². The Morgan fingerprint density at radius 3 is 2.84 bits per heavy atom. The van der Waals surface area contributed by atoms with Gasteiger partial charge in [0.05, 0.1) is 18.1 Å². The van der Waals surface area contributed by atoms with Crippen molar-refractivity contribution >= 4 is 45.6 Å². The highest BCUT2D eigenvalue weighted by molar-refractivity contribution is 7.84. The van der Waals surface area contributed by atoms with Crippen LogP contribution < -0.4 is 4.90 Å². The number of alkyl halides is 1. The van der Waals surface area contributed by atoms with Gasteiger partial charge in [-0.15, -0.1) is 11.6 Å². The predicted octanol–water partition coefficient (Wildman–Crippen LogP) is 3.04. The Morgan fingerprint density at radius 2 is 2.20 bits per heavy atom. The molecule has 2 aromatic rings. The van der Waals surface area contributed by atoms with E-state index in [2.05, 4.69) is 10.1 Å². The summed E-state index contributed by atoms with van der Waals surface area (Å²) in [5.74, 6) is 1.18. The lowest BCUT2D eigenvalue weighted by atomic mass is 10.3. The van der Waals surface area contributed by atoms with Crippen LogP contribution in [0.3, 0.4) is 0 Å². The van der Waals surface area contributed by atoms with Gasteiger partial charge in [-0.25, -0.2) is 4.68 Å². The van der Waals surface area contributed by atoms with Crippen molar-refractivity contribution in [1.82, 2.24) is 14.8 Å². The predicted molar refractivity (Wildman–Crippen MR) is 102 cm³/mol. The lowest BCUT2D eigenvalue weighted by molar-refractivity contribution is -0.118. The zero-order chi connectivity index (χ0) is 18.2. The molecule has 0 aliphatic carbocycles. The quantitative estimate of drug-likeness (QED) is 0.604. The Balaban J connectivity index is 2.08. The van der Waals surface area contributed by atoms with Crippen molar-refractivity contribution in [3.05, 3.63) is 35.9 Å². The molecule has 0 aliphatic heterocycles. The van der Waals surface area contributed by atoms with E-state index >= 15 is 0 Å². The Hall–Kier alpha value is -1.44. The first-order valence-electron chi connectivity index (χ1n) is 7.93. The molecule has 2 aromatic heterocycles. The molecule has 0 spiro atoms. The lowest BCUT2D eigenvalue weighted by Gasteiger charge is -2.19. The molecule has 0 N–H and O–H groups in total. The molecule has 25 heavy (non-hydrogen) atoms. The molecule has 9 heteroatoms. The van der Waals surface area contributed by atoms with Crippen molar-refractivity contribution in [3.63, 3.8) is 0 Å². The minimum absolute atomic E-state index is 0.130. The molecule has 0 saturated carbocycles. The maximum atomic E-state index is 12.5. The van der Waals surface area contributed by atoms with E-state index in [4.69, 9.17) is 23.2 Å². The maximum absolute atomic E-state index is 12.5. The molecule has 1 atom stereocenters. The van der Waals surface area contributed by atoms with Crippen LogP contribution in [0, 0.1) is 0 Å². The van der Waals surface area contributed by atoms with Gasteiger partial charge in [0.2, 0.25) is 5.91 Å². The van der Waals surface area contributed by atoms with Crippen LogP contribution in [0.2, 0.25) is 5.15 Å². The van der Waals surface area contributed by atoms with E-state index in [0.717, 1.165) is 5.69 Å². The largest absolute Gasteiger partial charge is 0.308 e. The molecule has 0 saturated heterocycles. The molecule has 1 amide bonds. The van der Waals surface area contributed by atoms with Gasteiger partial charge >= 0.3 is 0 Å². The first-order chi connectivity index (χ1) is 12.1. The molecular weight excluding hydrogens is 383 g/mol. The monoisotopic (exact) mass is 402 g/mol. The van der Waals surface area contributed by atoms with Gasteiger partial charge in [-0.2, -0.15) is 5.10 Å². The van der Waals surface area contributed by atoms with Crippen LogP contribution in [0.5, 0.6) is 0 Å². The minimum Gasteiger partial charge on any atom is -0.308 e. The molecule has 1 unspecified atom stereocenters. The maximum Gasteiger partial charge on any atom is 0.228 e. The number of hydrogen-bond acceptors (Lipinski definition) is 4. The Kier molecular flexibility index (Phi) is 7.87. The molecule has 6 nitrogen and oxygen atoms in total. The fourth-order valence-electron chi connectivity index (χ4n) is 2.28. The normalized spacial score (nSPS) is 12.1. The summed E-state index contributed by atoms with van der Waals surface area (Å²) in [7, 11) is -1.04. The van der Waals surface area contributed by atoms with E-state index in [1.807, 2.05) is 13.0 Å². The number of hydrogen-bond donors (Lipinski definition) is 0. The number of carbonyl (C=O) groups excluding carboxylic acids is 1. The van der Waals surface area contributed by atoms with Gasteiger partial charge in [-0.3, -0.25) is 14.0 Å². The summed E-state index contributed by atoms with van der Waals surface area (Å²) in [5.41, 5.74) is 1.28. The van der Waals surface area contributed by atoms with E-state index < -0.39 is 10.8 Å². The highest BCUT2D eigenvalue weighted by atomic mass is 35.5. The average molecular weight is 403 g/mol. The summed E-state index contributed by atoms with van der Waals surface area (Å²) in [6.07, 6.45) is 5.90. The number of pyridine rings is 1. The number of rotatable bonds is 9. The third-order valence-electron chi connectivity index (χ3n) is 3.52. The molecule has 136 valence electrons. The van der Waals surface area contributed by atoms with Crippen molar-refractivity contribution in [2.24, 2.45) is 0 Å². The topological polar surface area (TPSA) is 68.1 Å². The molecule has 2 heterocycles. The first kappa shape index (κ1) is 19.9. The Bertz CT molecular complexity index is 724. The minimum atomic E-state index is -1.04. The number of aromatic nitrogens is 3. The van der Waals surface area contributed by atoms with Crippen LogP contribution in [0.25, 0.3) is 5.69 Å². The van der Waals surface area contributed by atoms with Crippen molar-refractivity contribution in [1.29, 1.82) is 0 Å². The summed E-state index contributed by atoms with van der Waals surface area (Å²) >= 11 is 11.8. The second kappa shape index (κ2) is 9.89. The second-order valence-corrected chi connectivity index (χ2v) is 7.67. The van der Waals surface area contributed by atoms with Crippen LogP contribution in [-0.4, -0.2) is 48.8 Å². The number of halogens is 2. The number of amides is 1. The van der Waals surface area contributed by atoms with Crippen molar-refractivity contribution in [2.75, 3.05) is 28.8 Å². The summed E-state index contributed by atoms with van der Waals surface area (Å²) in [6.45, 7) is 2.31. The number of nitrogens with zero attached hydrogens (tertiary/aromatic N) is 4. The van der Waals surface area contributed by atoms with Gasteiger partial charge in [-0.05, 0) is 25.5 Å². The fraction of sp³-hybridized carbons (Fsp3) is 0.438. The Labute approximate surface area is 159 Å². The van der Waals surface area contributed by atoms with Gasteiger partial charge in [0.15, 0.2) is 5.15 Å². The summed E-state index contributed by atoms with van der Waals surface area (Å²) in [4.78, 5) is 18.1. The van der Waals surface area contributed by atoms with E-state index in [0.29, 0.717) is 36.0 Å². The first-order valence-corrected chi connectivity index (χ1v) is 10.3. The van der Waals surface area contributed by atoms with Crippen molar-refractivity contribution < 1.29 is 9.00 Å². The van der Waals surface area contributed by atoms with Crippen LogP contribution in [-0.2, 0) is 15.6 Å². The van der Waals surface area contributed by atoms with E-state index in [1.165, 1.54) is 0 Å². The molecule has 2 rings (SSSR count). The summed E-state index contributed by atoms with van der Waals surface area (Å²) < 4.78 is 13.4. The van der Waals surface area contributed by atoms with Crippen LogP contribution in [0.15, 0.2) is 30.7 Å². The molecule has 0 fully saturated rings. The van der Waals surface area contributed by atoms with Crippen LogP contribution >= 0.6 is 23.2 Å². The molecule has 0 radical (unpaired) electrons. The molecular formula is C16H20Cl2N4O2S. The summed E-state index contributed by atoms with van der Waals surface area (Å²) in [5, 5.41) is 4.48. The van der Waals surface area contributed by atoms with Gasteiger partial charge in [0, 0.05) is 47.3 Å². The van der Waals surface area contributed by atoms with Crippen molar-refractivity contribution in [3.8, 4) is 5.69 Å². The zero-order valence-electron chi connectivity index (χ0n) is 13.9. The lowest BCUT2D eigenvalue weighted by Crippen LogP contribution is -2.31. The SMILES string of the molecule is CCN(C(=O)CCS(=O)CCCCl)c1cn(-c2cccnc2)nc1Cl. The average Bonchev–Trinajstić information content (AvgIpc) is 3.01. The van der Waals surface area contributed by atoms with Crippen LogP contribution in [0.4, 0.5) is 5.69 Å². The smallest absolute Gasteiger partial charge is 0.228 e. The van der Waals surface area contributed by atoms with Gasteiger partial charge in [0.1, 0.15) is 5.69 Å². The number of carbonyl (C=O) groups is 1. The van der Waals surface area contributed by atoms with Gasteiger partial charge < -0.3 is 4.90 Å². The highest BCUT2D eigenvalue weighted by Gasteiger charge is 2.20. The van der Waals surface area contributed by atoms with E-state index in [9.17, 15) is 9.00 Å². The molecule has 0 bridgehead atoms. The van der Waals surface area contributed by atoms with Crippen molar-refractivity contribution in [2.45, 2.75) is 19.8 Å². The Morgan fingerprint density at radius 1 is 1.40 bits per heavy atom. The zero-order valence-corrected chi connectivity index (χ0v) is 16.2. The molecule has 0 aromatic carbocycles. The highest BCUT2D eigenvalue weighted by Crippen LogP contribution is 2.26. The van der Waals surface area contributed by atoms with Gasteiger partial charge in [0.25, 0.3) is 0 Å². The second-order valence-electron chi connectivity index (χ2n) is 5.24. The number of anilines is 1. The third-order valence-corrected chi connectivity index (χ3v) is 5.46.